The Bertz CT molecular complexity index is 1160. The summed E-state index contributed by atoms with van der Waals surface area (Å²) in [4.78, 5) is 24.1. The van der Waals surface area contributed by atoms with E-state index < -0.39 is 11.9 Å². The highest BCUT2D eigenvalue weighted by atomic mass is 79.9. The third-order valence-electron chi connectivity index (χ3n) is 4.35. The first-order valence-electron chi connectivity index (χ1n) is 9.43. The number of ether oxygens (including phenoxy) is 2. The molecule has 164 valence electrons. The molecule has 6 nitrogen and oxygen atoms in total. The van der Waals surface area contributed by atoms with Crippen LogP contribution in [0.25, 0.3) is 6.08 Å². The zero-order valence-electron chi connectivity index (χ0n) is 17.0. The van der Waals surface area contributed by atoms with Gasteiger partial charge in [-0.2, -0.15) is 0 Å². The minimum absolute atomic E-state index is 0.268. The maximum Gasteiger partial charge on any atom is 0.352 e. The fourth-order valence-corrected chi connectivity index (χ4v) is 3.87. The quantitative estimate of drug-likeness (QED) is 0.347. The molecule has 0 spiro atoms. The molecule has 32 heavy (non-hydrogen) atoms. The SMILES string of the molecule is COc1cc(/C=C(/NC(=O)c2ccccc2)C(=O)O)cc(Br)c1OCc1cccc(Br)c1. The Hall–Kier alpha value is -3.10. The van der Waals surface area contributed by atoms with Crippen molar-refractivity contribution in [3.8, 4) is 11.5 Å². The molecule has 3 aromatic carbocycles. The Labute approximate surface area is 202 Å². The number of methoxy groups -OCH3 is 1. The average molecular weight is 561 g/mol. The summed E-state index contributed by atoms with van der Waals surface area (Å²) in [7, 11) is 1.50. The summed E-state index contributed by atoms with van der Waals surface area (Å²) in [6.07, 6.45) is 1.36. The molecule has 3 aromatic rings. The van der Waals surface area contributed by atoms with Crippen molar-refractivity contribution < 1.29 is 24.2 Å². The number of carbonyl (C=O) groups excluding carboxylic acids is 1. The lowest BCUT2D eigenvalue weighted by Gasteiger charge is -2.14. The zero-order chi connectivity index (χ0) is 23.1. The predicted octanol–water partition coefficient (Wildman–Crippen LogP) is 5.65. The number of hydrogen-bond acceptors (Lipinski definition) is 4. The van der Waals surface area contributed by atoms with Crippen LogP contribution in [0.15, 0.2) is 81.4 Å². The van der Waals surface area contributed by atoms with Crippen molar-refractivity contribution in [1.82, 2.24) is 5.32 Å². The Morgan fingerprint density at radius 3 is 2.44 bits per heavy atom. The molecule has 0 heterocycles. The van der Waals surface area contributed by atoms with Crippen molar-refractivity contribution in [2.75, 3.05) is 7.11 Å². The van der Waals surface area contributed by atoms with Crippen LogP contribution in [-0.2, 0) is 11.4 Å². The minimum Gasteiger partial charge on any atom is -0.493 e. The van der Waals surface area contributed by atoms with Gasteiger partial charge in [0.15, 0.2) is 11.5 Å². The second kappa shape index (κ2) is 11.0. The molecule has 0 saturated carbocycles. The number of carbonyl (C=O) groups is 2. The number of carboxylic acid groups (broad SMARTS) is 1. The topological polar surface area (TPSA) is 84.9 Å². The Balaban J connectivity index is 1.84. The summed E-state index contributed by atoms with van der Waals surface area (Å²) >= 11 is 6.90. The molecule has 0 unspecified atom stereocenters. The van der Waals surface area contributed by atoms with E-state index in [1.165, 1.54) is 13.2 Å². The average Bonchev–Trinajstić information content (AvgIpc) is 2.78. The lowest BCUT2D eigenvalue weighted by molar-refractivity contribution is -0.132. The first-order valence-corrected chi connectivity index (χ1v) is 11.0. The summed E-state index contributed by atoms with van der Waals surface area (Å²) in [6.45, 7) is 0.317. The molecular weight excluding hydrogens is 542 g/mol. The molecule has 0 aromatic heterocycles. The van der Waals surface area contributed by atoms with Gasteiger partial charge in [-0.1, -0.05) is 46.3 Å². The van der Waals surface area contributed by atoms with E-state index in [1.807, 2.05) is 24.3 Å². The minimum atomic E-state index is -1.26. The Morgan fingerprint density at radius 2 is 1.78 bits per heavy atom. The van der Waals surface area contributed by atoms with Gasteiger partial charge in [0.25, 0.3) is 5.91 Å². The first kappa shape index (κ1) is 23.6. The van der Waals surface area contributed by atoms with Gasteiger partial charge in [0.1, 0.15) is 12.3 Å². The van der Waals surface area contributed by atoms with E-state index in [9.17, 15) is 14.7 Å². The molecular formula is C24H19Br2NO5. The zero-order valence-corrected chi connectivity index (χ0v) is 20.1. The lowest BCUT2D eigenvalue weighted by atomic mass is 10.1. The van der Waals surface area contributed by atoms with Crippen molar-refractivity contribution in [3.63, 3.8) is 0 Å². The Kier molecular flexibility index (Phi) is 8.08. The summed E-state index contributed by atoms with van der Waals surface area (Å²) in [5.41, 5.74) is 1.56. The number of amides is 1. The van der Waals surface area contributed by atoms with Crippen molar-refractivity contribution in [2.24, 2.45) is 0 Å². The van der Waals surface area contributed by atoms with Gasteiger partial charge in [-0.05, 0) is 69.5 Å². The van der Waals surface area contributed by atoms with Gasteiger partial charge in [0, 0.05) is 10.0 Å². The van der Waals surface area contributed by atoms with Gasteiger partial charge in [0.05, 0.1) is 11.6 Å². The normalized spacial score (nSPS) is 11.0. The van der Waals surface area contributed by atoms with Crippen molar-refractivity contribution in [2.45, 2.75) is 6.61 Å². The van der Waals surface area contributed by atoms with Crippen LogP contribution in [0.4, 0.5) is 0 Å². The number of aliphatic carboxylic acids is 1. The van der Waals surface area contributed by atoms with Crippen molar-refractivity contribution in [3.05, 3.63) is 98.1 Å². The molecule has 3 rings (SSSR count). The summed E-state index contributed by atoms with van der Waals surface area (Å²) in [6, 6.07) is 19.4. The molecule has 0 saturated heterocycles. The van der Waals surface area contributed by atoms with Crippen molar-refractivity contribution >= 4 is 49.8 Å². The summed E-state index contributed by atoms with van der Waals surface area (Å²) in [5.74, 6) is -0.881. The van der Waals surface area contributed by atoms with Crippen molar-refractivity contribution in [1.29, 1.82) is 0 Å². The molecule has 0 aliphatic rings. The fraction of sp³-hybridized carbons (Fsp3) is 0.0833. The second-order valence-corrected chi connectivity index (χ2v) is 8.41. The van der Waals surface area contributed by atoms with E-state index >= 15 is 0 Å². The summed E-state index contributed by atoms with van der Waals surface area (Å²) < 4.78 is 12.9. The van der Waals surface area contributed by atoms with E-state index in [0.717, 1.165) is 10.0 Å². The highest BCUT2D eigenvalue weighted by Gasteiger charge is 2.16. The molecule has 0 aliphatic heterocycles. The number of nitrogens with one attached hydrogen (secondary N) is 1. The molecule has 2 N–H and O–H groups in total. The van der Waals surface area contributed by atoms with E-state index in [0.29, 0.717) is 33.7 Å². The maximum absolute atomic E-state index is 12.4. The van der Waals surface area contributed by atoms with Crippen LogP contribution in [0.1, 0.15) is 21.5 Å². The standard InChI is InChI=1S/C24H19Br2NO5/c1-31-21-13-16(11-19(26)22(21)32-14-15-6-5-9-18(25)10-15)12-20(24(29)30)27-23(28)17-7-3-2-4-8-17/h2-13H,14H2,1H3,(H,27,28)(H,29,30)/b20-12+. The van der Waals surface area contributed by atoms with Crippen LogP contribution >= 0.6 is 31.9 Å². The molecule has 0 aliphatic carbocycles. The molecule has 0 fully saturated rings. The number of carboxylic acids is 1. The van der Waals surface area contributed by atoms with E-state index in [1.54, 1.807) is 42.5 Å². The number of halogens is 2. The van der Waals surface area contributed by atoms with Gasteiger partial charge < -0.3 is 19.9 Å². The van der Waals surface area contributed by atoms with E-state index in [4.69, 9.17) is 9.47 Å². The first-order chi connectivity index (χ1) is 15.4. The molecule has 8 heteroatoms. The van der Waals surface area contributed by atoms with Crippen LogP contribution in [0.3, 0.4) is 0 Å². The third kappa shape index (κ3) is 6.21. The highest BCUT2D eigenvalue weighted by molar-refractivity contribution is 9.10. The number of hydrogen-bond donors (Lipinski definition) is 2. The van der Waals surface area contributed by atoms with Gasteiger partial charge in [-0.15, -0.1) is 0 Å². The van der Waals surface area contributed by atoms with E-state index in [-0.39, 0.29) is 5.70 Å². The maximum atomic E-state index is 12.4. The predicted molar refractivity (Wildman–Crippen MR) is 129 cm³/mol. The molecule has 1 amide bonds. The largest absolute Gasteiger partial charge is 0.493 e. The second-order valence-electron chi connectivity index (χ2n) is 6.64. The van der Waals surface area contributed by atoms with Crippen LogP contribution < -0.4 is 14.8 Å². The number of rotatable bonds is 8. The molecule has 0 radical (unpaired) electrons. The fourth-order valence-electron chi connectivity index (χ4n) is 2.85. The van der Waals surface area contributed by atoms with Crippen LogP contribution in [0.5, 0.6) is 11.5 Å². The van der Waals surface area contributed by atoms with E-state index in [2.05, 4.69) is 37.2 Å². The van der Waals surface area contributed by atoms with Crippen LogP contribution in [0.2, 0.25) is 0 Å². The third-order valence-corrected chi connectivity index (χ3v) is 5.43. The highest BCUT2D eigenvalue weighted by Crippen LogP contribution is 2.37. The molecule has 0 atom stereocenters. The van der Waals surface area contributed by atoms with Crippen LogP contribution in [-0.4, -0.2) is 24.1 Å². The monoisotopic (exact) mass is 559 g/mol. The summed E-state index contributed by atoms with van der Waals surface area (Å²) in [5, 5.41) is 12.0. The number of benzene rings is 3. The van der Waals surface area contributed by atoms with Gasteiger partial charge in [0.2, 0.25) is 0 Å². The van der Waals surface area contributed by atoms with Crippen LogP contribution in [0, 0.1) is 0 Å². The lowest BCUT2D eigenvalue weighted by Crippen LogP contribution is -2.27. The smallest absolute Gasteiger partial charge is 0.352 e. The van der Waals surface area contributed by atoms with Gasteiger partial charge >= 0.3 is 5.97 Å². The van der Waals surface area contributed by atoms with Gasteiger partial charge in [-0.3, -0.25) is 4.79 Å². The molecule has 0 bridgehead atoms. The Morgan fingerprint density at radius 1 is 1.03 bits per heavy atom. The van der Waals surface area contributed by atoms with Gasteiger partial charge in [-0.25, -0.2) is 4.79 Å².